The van der Waals surface area contributed by atoms with Crippen LogP contribution in [-0.2, 0) is 0 Å². The molecule has 1 aromatic heterocycles. The minimum Gasteiger partial charge on any atom is -0.438 e. The molecule has 9 heteroatoms. The number of alkyl halides is 3. The van der Waals surface area contributed by atoms with E-state index < -0.39 is 12.3 Å². The van der Waals surface area contributed by atoms with Crippen LogP contribution >= 0.6 is 0 Å². The number of benzene rings is 1. The third-order valence-corrected chi connectivity index (χ3v) is 2.15. The molecule has 0 atom stereocenters. The van der Waals surface area contributed by atoms with Crippen LogP contribution in [0, 0.1) is 0 Å². The van der Waals surface area contributed by atoms with Gasteiger partial charge in [-0.1, -0.05) is 0 Å². The fourth-order valence-corrected chi connectivity index (χ4v) is 1.30. The summed E-state index contributed by atoms with van der Waals surface area (Å²) >= 11 is 0. The SMILES string of the molecule is O=C(N/N=C\c1ccc(OC(F)(F)F)cc1)c1cnco1. The van der Waals surface area contributed by atoms with Crippen LogP contribution in [0.15, 0.2) is 46.4 Å². The number of carbonyl (C=O) groups is 1. The van der Waals surface area contributed by atoms with Crippen molar-refractivity contribution in [3.8, 4) is 5.75 Å². The largest absolute Gasteiger partial charge is 0.573 e. The third-order valence-electron chi connectivity index (χ3n) is 2.15. The number of amides is 1. The molecular weight excluding hydrogens is 291 g/mol. The number of oxazole rings is 1. The molecule has 0 bridgehead atoms. The Kier molecular flexibility index (Phi) is 4.21. The summed E-state index contributed by atoms with van der Waals surface area (Å²) in [6.07, 6.45) is -1.17. The fraction of sp³-hybridized carbons (Fsp3) is 0.0833. The first-order chi connectivity index (χ1) is 9.94. The normalized spacial score (nSPS) is 11.6. The third kappa shape index (κ3) is 4.64. The van der Waals surface area contributed by atoms with Crippen molar-refractivity contribution >= 4 is 12.1 Å². The van der Waals surface area contributed by atoms with E-state index >= 15 is 0 Å². The Hall–Kier alpha value is -2.84. The fourth-order valence-electron chi connectivity index (χ4n) is 1.30. The standard InChI is InChI=1S/C12H8F3N3O3/c13-12(14,15)21-9-3-1-8(2-4-9)5-17-18-11(19)10-6-16-7-20-10/h1-7H,(H,18,19)/b17-5-. The number of ether oxygens (including phenoxy) is 1. The number of nitrogens with one attached hydrogen (secondary N) is 1. The first kappa shape index (κ1) is 14.6. The summed E-state index contributed by atoms with van der Waals surface area (Å²) in [4.78, 5) is 15.0. The summed E-state index contributed by atoms with van der Waals surface area (Å²) in [5, 5.41) is 3.63. The van der Waals surface area contributed by atoms with E-state index in [4.69, 9.17) is 4.42 Å². The number of carbonyl (C=O) groups excluding carboxylic acids is 1. The molecule has 110 valence electrons. The molecular formula is C12H8F3N3O3. The maximum Gasteiger partial charge on any atom is 0.573 e. The van der Waals surface area contributed by atoms with Crippen molar-refractivity contribution in [2.24, 2.45) is 5.10 Å². The molecule has 1 heterocycles. The minimum atomic E-state index is -4.74. The van der Waals surface area contributed by atoms with Crippen LogP contribution in [0.25, 0.3) is 0 Å². The van der Waals surface area contributed by atoms with E-state index in [1.807, 2.05) is 0 Å². The number of hydrogen-bond acceptors (Lipinski definition) is 5. The summed E-state index contributed by atoms with van der Waals surface area (Å²) < 4.78 is 44.3. The highest BCUT2D eigenvalue weighted by molar-refractivity contribution is 5.92. The summed E-state index contributed by atoms with van der Waals surface area (Å²) in [6.45, 7) is 0. The van der Waals surface area contributed by atoms with Crippen LogP contribution in [0.1, 0.15) is 16.1 Å². The van der Waals surface area contributed by atoms with Gasteiger partial charge in [-0.05, 0) is 29.8 Å². The number of aromatic nitrogens is 1. The highest BCUT2D eigenvalue weighted by Crippen LogP contribution is 2.22. The zero-order chi connectivity index (χ0) is 15.3. The molecule has 0 spiro atoms. The topological polar surface area (TPSA) is 76.7 Å². The Morgan fingerprint density at radius 2 is 2.05 bits per heavy atom. The van der Waals surface area contributed by atoms with Gasteiger partial charge < -0.3 is 9.15 Å². The molecule has 0 saturated heterocycles. The van der Waals surface area contributed by atoms with Crippen LogP contribution in [0.5, 0.6) is 5.75 Å². The quantitative estimate of drug-likeness (QED) is 0.694. The van der Waals surface area contributed by atoms with Crippen LogP contribution in [-0.4, -0.2) is 23.5 Å². The van der Waals surface area contributed by atoms with E-state index in [0.717, 1.165) is 18.5 Å². The molecule has 0 aliphatic carbocycles. The summed E-state index contributed by atoms with van der Waals surface area (Å²) in [5.74, 6) is -0.952. The highest BCUT2D eigenvalue weighted by atomic mass is 19.4. The average Bonchev–Trinajstić information content (AvgIpc) is 2.93. The molecule has 2 rings (SSSR count). The average molecular weight is 299 g/mol. The molecule has 0 aliphatic heterocycles. The summed E-state index contributed by atoms with van der Waals surface area (Å²) in [6, 6.07) is 4.97. The van der Waals surface area contributed by atoms with E-state index in [9.17, 15) is 18.0 Å². The van der Waals surface area contributed by atoms with E-state index in [1.54, 1.807) is 0 Å². The zero-order valence-electron chi connectivity index (χ0n) is 10.3. The maximum absolute atomic E-state index is 12.0. The van der Waals surface area contributed by atoms with Gasteiger partial charge in [-0.25, -0.2) is 10.4 Å². The molecule has 1 aromatic carbocycles. The van der Waals surface area contributed by atoms with E-state index in [-0.39, 0.29) is 11.5 Å². The van der Waals surface area contributed by atoms with Crippen LogP contribution in [0.4, 0.5) is 13.2 Å². The van der Waals surface area contributed by atoms with E-state index in [2.05, 4.69) is 20.2 Å². The number of hydrogen-bond donors (Lipinski definition) is 1. The second-order valence-corrected chi connectivity index (χ2v) is 3.68. The van der Waals surface area contributed by atoms with Crippen molar-refractivity contribution in [2.75, 3.05) is 0 Å². The van der Waals surface area contributed by atoms with Crippen molar-refractivity contribution in [3.05, 3.63) is 48.2 Å². The van der Waals surface area contributed by atoms with Crippen molar-refractivity contribution in [3.63, 3.8) is 0 Å². The molecule has 1 amide bonds. The van der Waals surface area contributed by atoms with Gasteiger partial charge in [-0.3, -0.25) is 4.79 Å². The van der Waals surface area contributed by atoms with Gasteiger partial charge in [-0.2, -0.15) is 5.10 Å². The molecule has 0 unspecified atom stereocenters. The van der Waals surface area contributed by atoms with E-state index in [1.165, 1.54) is 24.5 Å². The predicted molar refractivity (Wildman–Crippen MR) is 64.7 cm³/mol. The Balaban J connectivity index is 1.91. The lowest BCUT2D eigenvalue weighted by Gasteiger charge is -2.08. The second kappa shape index (κ2) is 6.07. The van der Waals surface area contributed by atoms with Crippen molar-refractivity contribution < 1.29 is 27.1 Å². The molecule has 21 heavy (non-hydrogen) atoms. The van der Waals surface area contributed by atoms with Gasteiger partial charge in [-0.15, -0.1) is 13.2 Å². The van der Waals surface area contributed by atoms with Gasteiger partial charge in [0.05, 0.1) is 12.4 Å². The number of rotatable bonds is 4. The predicted octanol–water partition coefficient (Wildman–Crippen LogP) is 2.34. The highest BCUT2D eigenvalue weighted by Gasteiger charge is 2.30. The molecule has 0 aliphatic rings. The Morgan fingerprint density at radius 3 is 2.62 bits per heavy atom. The first-order valence-corrected chi connectivity index (χ1v) is 5.52. The Morgan fingerprint density at radius 1 is 1.33 bits per heavy atom. The lowest BCUT2D eigenvalue weighted by molar-refractivity contribution is -0.274. The van der Waals surface area contributed by atoms with Gasteiger partial charge in [0.25, 0.3) is 0 Å². The first-order valence-electron chi connectivity index (χ1n) is 5.52. The Labute approximate surface area is 116 Å². The zero-order valence-corrected chi connectivity index (χ0v) is 10.3. The van der Waals surface area contributed by atoms with Crippen molar-refractivity contribution in [1.82, 2.24) is 10.4 Å². The summed E-state index contributed by atoms with van der Waals surface area (Å²) in [5.41, 5.74) is 2.65. The smallest absolute Gasteiger partial charge is 0.438 e. The molecule has 6 nitrogen and oxygen atoms in total. The Bertz CT molecular complexity index is 621. The lowest BCUT2D eigenvalue weighted by atomic mass is 10.2. The molecule has 1 N–H and O–H groups in total. The lowest BCUT2D eigenvalue weighted by Crippen LogP contribution is -2.17. The number of nitrogens with zero attached hydrogens (tertiary/aromatic N) is 2. The molecule has 0 radical (unpaired) electrons. The van der Waals surface area contributed by atoms with Crippen LogP contribution in [0.3, 0.4) is 0 Å². The van der Waals surface area contributed by atoms with E-state index in [0.29, 0.717) is 5.56 Å². The summed E-state index contributed by atoms with van der Waals surface area (Å²) in [7, 11) is 0. The molecule has 2 aromatic rings. The van der Waals surface area contributed by atoms with Crippen LogP contribution in [0.2, 0.25) is 0 Å². The van der Waals surface area contributed by atoms with Gasteiger partial charge >= 0.3 is 12.3 Å². The van der Waals surface area contributed by atoms with Crippen LogP contribution < -0.4 is 10.2 Å². The van der Waals surface area contributed by atoms with Crippen molar-refractivity contribution in [2.45, 2.75) is 6.36 Å². The number of hydrazone groups is 1. The van der Waals surface area contributed by atoms with Gasteiger partial charge in [0.2, 0.25) is 5.76 Å². The second-order valence-electron chi connectivity index (χ2n) is 3.68. The number of halogens is 3. The minimum absolute atomic E-state index is 0.0129. The van der Waals surface area contributed by atoms with Gasteiger partial charge in [0, 0.05) is 0 Å². The van der Waals surface area contributed by atoms with Gasteiger partial charge in [0.15, 0.2) is 6.39 Å². The maximum atomic E-state index is 12.0. The van der Waals surface area contributed by atoms with Crippen molar-refractivity contribution in [1.29, 1.82) is 0 Å². The van der Waals surface area contributed by atoms with Gasteiger partial charge in [0.1, 0.15) is 5.75 Å². The monoisotopic (exact) mass is 299 g/mol. The molecule has 0 fully saturated rings. The molecule has 0 saturated carbocycles.